The van der Waals surface area contributed by atoms with Crippen LogP contribution in [0.4, 0.5) is 0 Å². The zero-order chi connectivity index (χ0) is 21.0. The van der Waals surface area contributed by atoms with E-state index in [0.717, 1.165) is 38.0 Å². The minimum atomic E-state index is -3.36. The molecule has 1 aliphatic rings. The zero-order valence-corrected chi connectivity index (χ0v) is 18.3. The van der Waals surface area contributed by atoms with Gasteiger partial charge in [0.25, 0.3) is 0 Å². The highest BCUT2D eigenvalue weighted by Gasteiger charge is 2.23. The normalized spacial score (nSPS) is 14.6. The fourth-order valence-corrected chi connectivity index (χ4v) is 5.15. The van der Waals surface area contributed by atoms with E-state index >= 15 is 0 Å². The predicted octanol–water partition coefficient (Wildman–Crippen LogP) is 3.87. The fourth-order valence-electron chi connectivity index (χ4n) is 4.14. The topological polar surface area (TPSA) is 55.2 Å². The first-order valence-electron chi connectivity index (χ1n) is 10.7. The quantitative estimate of drug-likeness (QED) is 0.552. The van der Waals surface area contributed by atoms with Crippen molar-refractivity contribution in [1.29, 1.82) is 0 Å². The molecule has 0 spiro atoms. The molecule has 4 rings (SSSR count). The average molecular weight is 424 g/mol. The SMILES string of the molecule is CCS(=O)(=O)c1ncc(CN2CCc3ccccc3C2)n1CCCc1ccccc1. The highest BCUT2D eigenvalue weighted by atomic mass is 32.2. The van der Waals surface area contributed by atoms with Gasteiger partial charge in [-0.3, -0.25) is 4.90 Å². The third-order valence-corrected chi connectivity index (χ3v) is 7.49. The van der Waals surface area contributed by atoms with E-state index in [2.05, 4.69) is 46.3 Å². The summed E-state index contributed by atoms with van der Waals surface area (Å²) in [5.41, 5.74) is 5.03. The van der Waals surface area contributed by atoms with Crippen LogP contribution in [0.25, 0.3) is 0 Å². The van der Waals surface area contributed by atoms with Crippen LogP contribution in [0.2, 0.25) is 0 Å². The Balaban J connectivity index is 1.52. The van der Waals surface area contributed by atoms with Crippen LogP contribution in [0.3, 0.4) is 0 Å². The van der Waals surface area contributed by atoms with Crippen LogP contribution < -0.4 is 0 Å². The molecule has 158 valence electrons. The Bertz CT molecular complexity index is 1090. The van der Waals surface area contributed by atoms with E-state index in [4.69, 9.17) is 0 Å². The fraction of sp³-hybridized carbons (Fsp3) is 0.375. The lowest BCUT2D eigenvalue weighted by Gasteiger charge is -2.29. The Morgan fingerprint density at radius 3 is 2.50 bits per heavy atom. The van der Waals surface area contributed by atoms with Gasteiger partial charge in [0.2, 0.25) is 15.0 Å². The molecule has 3 aromatic rings. The predicted molar refractivity (Wildman–Crippen MR) is 119 cm³/mol. The van der Waals surface area contributed by atoms with Gasteiger partial charge in [-0.25, -0.2) is 13.4 Å². The summed E-state index contributed by atoms with van der Waals surface area (Å²) in [4.78, 5) is 6.73. The summed E-state index contributed by atoms with van der Waals surface area (Å²) in [5, 5.41) is 0.213. The van der Waals surface area contributed by atoms with Crippen molar-refractivity contribution in [3.63, 3.8) is 0 Å². The van der Waals surface area contributed by atoms with Crippen LogP contribution in [-0.4, -0.2) is 35.2 Å². The highest BCUT2D eigenvalue weighted by molar-refractivity contribution is 7.91. The summed E-state index contributed by atoms with van der Waals surface area (Å²) in [6.45, 7) is 4.91. The summed E-state index contributed by atoms with van der Waals surface area (Å²) in [5.74, 6) is 0.0687. The molecule has 0 bridgehead atoms. The van der Waals surface area contributed by atoms with Gasteiger partial charge in [0.1, 0.15) is 0 Å². The van der Waals surface area contributed by atoms with Crippen LogP contribution in [-0.2, 0) is 42.3 Å². The van der Waals surface area contributed by atoms with Gasteiger partial charge < -0.3 is 4.57 Å². The van der Waals surface area contributed by atoms with Crippen molar-refractivity contribution in [2.24, 2.45) is 0 Å². The van der Waals surface area contributed by atoms with Crippen LogP contribution in [0.15, 0.2) is 66.0 Å². The third-order valence-electron chi connectivity index (χ3n) is 5.85. The molecule has 0 aliphatic carbocycles. The van der Waals surface area contributed by atoms with E-state index < -0.39 is 9.84 Å². The number of hydrogen-bond acceptors (Lipinski definition) is 4. The lowest BCUT2D eigenvalue weighted by molar-refractivity contribution is 0.238. The third kappa shape index (κ3) is 4.65. The highest BCUT2D eigenvalue weighted by Crippen LogP contribution is 2.22. The van der Waals surface area contributed by atoms with E-state index in [1.807, 2.05) is 22.8 Å². The molecule has 0 amide bonds. The Labute approximate surface area is 179 Å². The second kappa shape index (κ2) is 9.14. The molecular weight excluding hydrogens is 394 g/mol. The van der Waals surface area contributed by atoms with Crippen molar-refractivity contribution in [3.05, 3.63) is 83.2 Å². The summed E-state index contributed by atoms with van der Waals surface area (Å²) in [6, 6.07) is 18.9. The molecular formula is C24H29N3O2S. The molecule has 0 fully saturated rings. The van der Waals surface area contributed by atoms with Crippen LogP contribution >= 0.6 is 0 Å². The molecule has 30 heavy (non-hydrogen) atoms. The number of nitrogens with zero attached hydrogens (tertiary/aromatic N) is 3. The lowest BCUT2D eigenvalue weighted by Crippen LogP contribution is -2.31. The molecule has 2 heterocycles. The van der Waals surface area contributed by atoms with Gasteiger partial charge in [-0.1, -0.05) is 61.5 Å². The molecule has 5 nitrogen and oxygen atoms in total. The number of aromatic nitrogens is 2. The summed E-state index contributed by atoms with van der Waals surface area (Å²) < 4.78 is 27.2. The van der Waals surface area contributed by atoms with Crippen molar-refractivity contribution in [1.82, 2.24) is 14.5 Å². The Hall–Kier alpha value is -2.44. The van der Waals surface area contributed by atoms with E-state index in [1.165, 1.54) is 16.7 Å². The maximum Gasteiger partial charge on any atom is 0.227 e. The van der Waals surface area contributed by atoms with Gasteiger partial charge in [0, 0.05) is 26.2 Å². The number of rotatable bonds is 8. The maximum absolute atomic E-state index is 12.6. The number of hydrogen-bond donors (Lipinski definition) is 0. The van der Waals surface area contributed by atoms with Gasteiger partial charge in [-0.15, -0.1) is 0 Å². The summed E-state index contributed by atoms with van der Waals surface area (Å²) in [7, 11) is -3.36. The maximum atomic E-state index is 12.6. The molecule has 0 atom stereocenters. The molecule has 0 unspecified atom stereocenters. The van der Waals surface area contributed by atoms with Gasteiger partial charge in [0.15, 0.2) is 0 Å². The van der Waals surface area contributed by atoms with Gasteiger partial charge in [-0.2, -0.15) is 0 Å². The largest absolute Gasteiger partial charge is 0.318 e. The Morgan fingerprint density at radius 2 is 1.73 bits per heavy atom. The van der Waals surface area contributed by atoms with E-state index in [-0.39, 0.29) is 10.9 Å². The van der Waals surface area contributed by atoms with Gasteiger partial charge in [-0.05, 0) is 36.0 Å². The van der Waals surface area contributed by atoms with Crippen molar-refractivity contribution in [2.75, 3.05) is 12.3 Å². The van der Waals surface area contributed by atoms with Crippen LogP contribution in [0, 0.1) is 0 Å². The smallest absolute Gasteiger partial charge is 0.227 e. The van der Waals surface area contributed by atoms with E-state index in [9.17, 15) is 8.42 Å². The Morgan fingerprint density at radius 1 is 1.00 bits per heavy atom. The number of sulfone groups is 1. The molecule has 0 N–H and O–H groups in total. The van der Waals surface area contributed by atoms with E-state index in [1.54, 1.807) is 13.1 Å². The van der Waals surface area contributed by atoms with Crippen molar-refractivity contribution in [3.8, 4) is 0 Å². The Kier molecular flexibility index (Phi) is 6.35. The monoisotopic (exact) mass is 423 g/mol. The summed E-state index contributed by atoms with van der Waals surface area (Å²) >= 11 is 0. The van der Waals surface area contributed by atoms with Crippen molar-refractivity contribution in [2.45, 2.75) is 51.0 Å². The minimum absolute atomic E-state index is 0.0687. The zero-order valence-electron chi connectivity index (χ0n) is 17.5. The second-order valence-corrected chi connectivity index (χ2v) is 10.1. The standard InChI is InChI=1S/C24H29N3O2S/c1-2-30(28,29)24-25-17-23(27(24)15-8-11-20-9-4-3-5-10-20)19-26-16-14-21-12-6-7-13-22(21)18-26/h3-7,9-10,12-13,17H,2,8,11,14-16,18-19H2,1H3. The number of fused-ring (bicyclic) bond motifs is 1. The van der Waals surface area contributed by atoms with Crippen LogP contribution in [0.1, 0.15) is 35.7 Å². The lowest BCUT2D eigenvalue weighted by atomic mass is 10.00. The minimum Gasteiger partial charge on any atom is -0.318 e. The molecule has 0 saturated heterocycles. The number of imidazole rings is 1. The molecule has 2 aromatic carbocycles. The van der Waals surface area contributed by atoms with Gasteiger partial charge >= 0.3 is 0 Å². The molecule has 0 radical (unpaired) electrons. The number of aryl methyl sites for hydroxylation is 1. The van der Waals surface area contributed by atoms with Crippen molar-refractivity contribution < 1.29 is 8.42 Å². The van der Waals surface area contributed by atoms with Crippen LogP contribution in [0.5, 0.6) is 0 Å². The van der Waals surface area contributed by atoms with Crippen molar-refractivity contribution >= 4 is 9.84 Å². The summed E-state index contributed by atoms with van der Waals surface area (Å²) in [6.07, 6.45) is 4.58. The second-order valence-electron chi connectivity index (χ2n) is 7.91. The first-order chi connectivity index (χ1) is 14.6. The molecule has 0 saturated carbocycles. The molecule has 1 aliphatic heterocycles. The first-order valence-corrected chi connectivity index (χ1v) is 12.3. The first kappa shape index (κ1) is 20.8. The van der Waals surface area contributed by atoms with E-state index in [0.29, 0.717) is 13.1 Å². The molecule has 6 heteroatoms. The average Bonchev–Trinajstić information content (AvgIpc) is 3.17. The number of benzene rings is 2. The molecule has 1 aromatic heterocycles. The van der Waals surface area contributed by atoms with Gasteiger partial charge in [0.05, 0.1) is 17.6 Å².